The molecule has 3 nitrogen and oxygen atoms in total. The van der Waals surface area contributed by atoms with Crippen molar-refractivity contribution in [3.63, 3.8) is 0 Å². The van der Waals surface area contributed by atoms with Gasteiger partial charge in [0.25, 0.3) is 0 Å². The molecule has 0 saturated carbocycles. The van der Waals surface area contributed by atoms with Gasteiger partial charge in [-0.2, -0.15) is 13.2 Å². The van der Waals surface area contributed by atoms with E-state index in [-0.39, 0.29) is 30.1 Å². The highest BCUT2D eigenvalue weighted by Crippen LogP contribution is 2.38. The molecule has 0 bridgehead atoms. The van der Waals surface area contributed by atoms with Crippen molar-refractivity contribution >= 4 is 5.70 Å². The van der Waals surface area contributed by atoms with Crippen molar-refractivity contribution in [3.05, 3.63) is 77.4 Å². The number of halogens is 3. The topological polar surface area (TPSA) is 32.7 Å². The van der Waals surface area contributed by atoms with Crippen molar-refractivity contribution < 1.29 is 23.0 Å². The van der Waals surface area contributed by atoms with Crippen molar-refractivity contribution in [1.82, 2.24) is 4.90 Å². The summed E-state index contributed by atoms with van der Waals surface area (Å²) >= 11 is 0. The van der Waals surface area contributed by atoms with Crippen LogP contribution in [0.3, 0.4) is 0 Å². The summed E-state index contributed by atoms with van der Waals surface area (Å²) < 4.78 is 45.1. The van der Waals surface area contributed by atoms with Gasteiger partial charge in [0, 0.05) is 24.2 Å². The molecular formula is C25H30F3NO2. The molecule has 0 saturated heterocycles. The minimum atomic E-state index is -4.45. The average Bonchev–Trinajstić information content (AvgIpc) is 2.73. The molecule has 1 N–H and O–H groups in total. The number of phenols is 1. The van der Waals surface area contributed by atoms with E-state index in [9.17, 15) is 18.3 Å². The lowest BCUT2D eigenvalue weighted by Crippen LogP contribution is -2.35. The summed E-state index contributed by atoms with van der Waals surface area (Å²) in [5.41, 5.74) is 2.45. The van der Waals surface area contributed by atoms with Gasteiger partial charge >= 0.3 is 6.18 Å². The van der Waals surface area contributed by atoms with Gasteiger partial charge in [0.05, 0.1) is 18.2 Å². The average molecular weight is 434 g/mol. The second kappa shape index (κ2) is 9.94. The number of likely N-dealkylation sites (N-methyl/N-ethyl adjacent to an activating group) is 1. The fourth-order valence-corrected chi connectivity index (χ4v) is 3.74. The van der Waals surface area contributed by atoms with Gasteiger partial charge in [-0.15, -0.1) is 0 Å². The molecular weight excluding hydrogens is 403 g/mol. The summed E-state index contributed by atoms with van der Waals surface area (Å²) in [7, 11) is 1.88. The minimum Gasteiger partial charge on any atom is -0.508 e. The molecule has 6 heteroatoms. The van der Waals surface area contributed by atoms with Crippen LogP contribution in [0.5, 0.6) is 11.5 Å². The molecule has 0 aliphatic carbocycles. The highest BCUT2D eigenvalue weighted by atomic mass is 19.4. The molecule has 2 atom stereocenters. The third-order valence-electron chi connectivity index (χ3n) is 5.58. The maximum atomic E-state index is 13.2. The number of aromatic hydroxyl groups is 1. The zero-order valence-corrected chi connectivity index (χ0v) is 18.6. The monoisotopic (exact) mass is 433 g/mol. The van der Waals surface area contributed by atoms with E-state index in [0.29, 0.717) is 11.3 Å². The van der Waals surface area contributed by atoms with E-state index in [1.807, 2.05) is 44.0 Å². The van der Waals surface area contributed by atoms with Crippen LogP contribution in [0.2, 0.25) is 0 Å². The largest absolute Gasteiger partial charge is 0.508 e. The highest BCUT2D eigenvalue weighted by Gasteiger charge is 2.32. The zero-order chi connectivity index (χ0) is 23.3. The van der Waals surface area contributed by atoms with Gasteiger partial charge < -0.3 is 14.7 Å². The molecule has 2 unspecified atom stereocenters. The molecule has 168 valence electrons. The van der Waals surface area contributed by atoms with Crippen molar-refractivity contribution in [3.8, 4) is 11.5 Å². The second-order valence-electron chi connectivity index (χ2n) is 7.56. The first-order valence-electron chi connectivity index (χ1n) is 10.2. The van der Waals surface area contributed by atoms with E-state index >= 15 is 0 Å². The van der Waals surface area contributed by atoms with Crippen LogP contribution in [0, 0.1) is 0 Å². The zero-order valence-electron chi connectivity index (χ0n) is 18.6. The summed E-state index contributed by atoms with van der Waals surface area (Å²) in [6, 6.07) is 10.4. The quantitative estimate of drug-likeness (QED) is 0.462. The molecule has 0 aliphatic rings. The van der Waals surface area contributed by atoms with Gasteiger partial charge in [-0.25, -0.2) is 0 Å². The Morgan fingerprint density at radius 1 is 1.19 bits per heavy atom. The van der Waals surface area contributed by atoms with E-state index in [2.05, 4.69) is 13.5 Å². The number of hydrogen-bond acceptors (Lipinski definition) is 3. The number of phenolic OH excluding ortho intramolecular Hbond substituents is 1. The van der Waals surface area contributed by atoms with E-state index in [0.717, 1.165) is 23.3 Å². The summed E-state index contributed by atoms with van der Waals surface area (Å²) in [5.74, 6) is 0.381. The number of benzene rings is 2. The molecule has 2 aromatic carbocycles. The van der Waals surface area contributed by atoms with Crippen molar-refractivity contribution in [1.29, 1.82) is 0 Å². The number of rotatable bonds is 8. The maximum Gasteiger partial charge on any atom is 0.416 e. The van der Waals surface area contributed by atoms with Crippen LogP contribution in [0.4, 0.5) is 13.2 Å². The lowest BCUT2D eigenvalue weighted by Gasteiger charge is -2.37. The SMILES string of the molecule is C=C(c1ccc(C(F)(F)F)cc1OCC)N(C)C(/C(C)=C/C)C(C)c1ccc(O)cc1. The fourth-order valence-electron chi connectivity index (χ4n) is 3.74. The van der Waals surface area contributed by atoms with Crippen LogP contribution < -0.4 is 4.74 Å². The van der Waals surface area contributed by atoms with Crippen LogP contribution in [-0.2, 0) is 6.18 Å². The van der Waals surface area contributed by atoms with Crippen LogP contribution in [0.1, 0.15) is 50.3 Å². The molecule has 0 amide bonds. The summed E-state index contributed by atoms with van der Waals surface area (Å²) in [6.45, 7) is 12.2. The Hall–Kier alpha value is -2.89. The molecule has 0 fully saturated rings. The van der Waals surface area contributed by atoms with E-state index in [1.165, 1.54) is 6.07 Å². The van der Waals surface area contributed by atoms with Gasteiger partial charge in [0.15, 0.2) is 0 Å². The van der Waals surface area contributed by atoms with Crippen molar-refractivity contribution in [2.75, 3.05) is 13.7 Å². The normalized spacial score (nSPS) is 14.1. The third-order valence-corrected chi connectivity index (χ3v) is 5.58. The van der Waals surface area contributed by atoms with Gasteiger partial charge in [0.1, 0.15) is 11.5 Å². The Bertz CT molecular complexity index is 933. The predicted molar refractivity (Wildman–Crippen MR) is 119 cm³/mol. The number of ether oxygens (including phenoxy) is 1. The van der Waals surface area contributed by atoms with Crippen LogP contribution >= 0.6 is 0 Å². The smallest absolute Gasteiger partial charge is 0.416 e. The fraction of sp³-hybridized carbons (Fsp3) is 0.360. The Balaban J connectivity index is 2.46. The molecule has 0 aliphatic heterocycles. The summed E-state index contributed by atoms with van der Waals surface area (Å²) in [5, 5.41) is 9.61. The van der Waals surface area contributed by atoms with Crippen LogP contribution in [-0.4, -0.2) is 29.7 Å². The molecule has 0 heterocycles. The first-order valence-corrected chi connectivity index (χ1v) is 10.2. The van der Waals surface area contributed by atoms with Crippen LogP contribution in [0.15, 0.2) is 60.7 Å². The maximum absolute atomic E-state index is 13.2. The number of alkyl halides is 3. The van der Waals surface area contributed by atoms with Gasteiger partial charge in [-0.1, -0.05) is 37.3 Å². The molecule has 2 rings (SSSR count). The first kappa shape index (κ1) is 24.4. The number of nitrogens with zero attached hydrogens (tertiary/aromatic N) is 1. The highest BCUT2D eigenvalue weighted by molar-refractivity contribution is 5.68. The predicted octanol–water partition coefficient (Wildman–Crippen LogP) is 6.85. The van der Waals surface area contributed by atoms with E-state index in [4.69, 9.17) is 4.74 Å². The second-order valence-corrected chi connectivity index (χ2v) is 7.56. The van der Waals surface area contributed by atoms with Crippen LogP contribution in [0.25, 0.3) is 5.70 Å². The van der Waals surface area contributed by atoms with E-state index < -0.39 is 11.7 Å². The Morgan fingerprint density at radius 2 is 1.81 bits per heavy atom. The number of allylic oxidation sites excluding steroid dienone is 1. The van der Waals surface area contributed by atoms with Crippen molar-refractivity contribution in [2.45, 2.75) is 45.8 Å². The van der Waals surface area contributed by atoms with E-state index in [1.54, 1.807) is 19.1 Å². The molecule has 2 aromatic rings. The first-order chi connectivity index (χ1) is 14.5. The summed E-state index contributed by atoms with van der Waals surface area (Å²) in [6.07, 6.45) is -2.43. The molecule has 0 radical (unpaired) electrons. The van der Waals surface area contributed by atoms with Gasteiger partial charge in [-0.3, -0.25) is 0 Å². The van der Waals surface area contributed by atoms with Crippen molar-refractivity contribution in [2.24, 2.45) is 0 Å². The third kappa shape index (κ3) is 5.63. The molecule has 31 heavy (non-hydrogen) atoms. The Kier molecular flexibility index (Phi) is 7.82. The Morgan fingerprint density at radius 3 is 2.32 bits per heavy atom. The Labute approximate surface area is 182 Å². The number of hydrogen-bond donors (Lipinski definition) is 1. The molecule has 0 spiro atoms. The lowest BCUT2D eigenvalue weighted by molar-refractivity contribution is -0.137. The van der Waals surface area contributed by atoms with Gasteiger partial charge in [-0.05, 0) is 56.7 Å². The standard InChI is InChI=1S/C25H30F3NO2/c1-7-16(3)24(17(4)19-9-12-21(30)13-10-19)29(6)18(5)22-14-11-20(25(26,27)28)15-23(22)31-8-2/h7,9-15,17,24,30H,5,8H2,1-4,6H3/b16-7+. The minimum absolute atomic E-state index is 0.0311. The lowest BCUT2D eigenvalue weighted by atomic mass is 9.87. The van der Waals surface area contributed by atoms with Gasteiger partial charge in [0.2, 0.25) is 0 Å². The summed E-state index contributed by atoms with van der Waals surface area (Å²) in [4.78, 5) is 1.97. The molecule has 0 aromatic heterocycles.